The van der Waals surface area contributed by atoms with E-state index in [-0.39, 0.29) is 23.2 Å². The molecule has 10 heteroatoms. The first kappa shape index (κ1) is 25.5. The second-order valence-electron chi connectivity index (χ2n) is 9.17. The van der Waals surface area contributed by atoms with Crippen LogP contribution in [0, 0.1) is 17.2 Å². The molecule has 0 unspecified atom stereocenters. The van der Waals surface area contributed by atoms with Crippen LogP contribution < -0.4 is 25.0 Å². The monoisotopic (exact) mass is 516 g/mol. The van der Waals surface area contributed by atoms with Gasteiger partial charge in [-0.15, -0.1) is 0 Å². The Hall–Kier alpha value is -4.17. The Bertz CT molecular complexity index is 1390. The average Bonchev–Trinajstić information content (AvgIpc) is 3.35. The van der Waals surface area contributed by atoms with Gasteiger partial charge in [-0.1, -0.05) is 42.5 Å². The predicted molar refractivity (Wildman–Crippen MR) is 135 cm³/mol. The number of ether oxygens (including phenoxy) is 3. The van der Waals surface area contributed by atoms with Crippen molar-refractivity contribution in [2.45, 2.75) is 23.2 Å². The number of hydrogen-bond donors (Lipinski definition) is 3. The van der Waals surface area contributed by atoms with E-state index in [4.69, 9.17) is 19.0 Å². The second kappa shape index (κ2) is 9.61. The van der Waals surface area contributed by atoms with Crippen molar-refractivity contribution in [3.63, 3.8) is 0 Å². The molecular weight excluding hydrogens is 488 g/mol. The molecule has 1 aliphatic carbocycles. The van der Waals surface area contributed by atoms with Gasteiger partial charge in [0, 0.05) is 19.0 Å². The van der Waals surface area contributed by atoms with E-state index in [9.17, 15) is 15.2 Å². The molecule has 1 aromatic heterocycles. The van der Waals surface area contributed by atoms with Crippen molar-refractivity contribution in [3.8, 4) is 23.6 Å². The molecule has 1 saturated carbocycles. The summed E-state index contributed by atoms with van der Waals surface area (Å²) in [7, 11) is 5.87. The molecule has 3 aromatic rings. The number of rotatable bonds is 7. The minimum absolute atomic E-state index is 0.0876. The summed E-state index contributed by atoms with van der Waals surface area (Å²) in [5.41, 5.74) is 1.41. The number of aliphatic hydroxyl groups is 1. The topological polar surface area (TPSA) is 135 Å². The van der Waals surface area contributed by atoms with Gasteiger partial charge in [0.05, 0.1) is 50.5 Å². The molecule has 0 saturated heterocycles. The molecule has 1 fully saturated rings. The first-order chi connectivity index (χ1) is 18.4. The standard InChI is InChI=1S/C28H28N4O6/c1-30-25(33)21-22(17-8-6-5-7-9-17)28(18-12-10-16(15-29)11-13-18)27(34,24(21)32-37-4)23-19(38-28)14-20(35-2)31-26(23)36-3/h5-14,21-22,24,32,34H,1-4H3,(H,30,33)/t21-,22-,24-,27+,28+/m1/s1. The number of amides is 1. The number of methoxy groups -OCH3 is 2. The molecule has 1 aliphatic heterocycles. The Kier molecular flexibility index (Phi) is 6.44. The average molecular weight is 517 g/mol. The van der Waals surface area contributed by atoms with Gasteiger partial charge in [0.25, 0.3) is 0 Å². The number of nitrogens with one attached hydrogen (secondary N) is 2. The number of carbonyl (C=O) groups is 1. The molecule has 38 heavy (non-hydrogen) atoms. The zero-order chi connectivity index (χ0) is 27.1. The molecule has 3 N–H and O–H groups in total. The third-order valence-electron chi connectivity index (χ3n) is 7.55. The minimum Gasteiger partial charge on any atom is -0.481 e. The van der Waals surface area contributed by atoms with Crippen LogP contribution in [0.2, 0.25) is 0 Å². The van der Waals surface area contributed by atoms with Crippen molar-refractivity contribution in [2.24, 2.45) is 5.92 Å². The number of nitrogens with zero attached hydrogens (tertiary/aromatic N) is 2. The highest BCUT2D eigenvalue weighted by Gasteiger charge is 2.78. The van der Waals surface area contributed by atoms with Gasteiger partial charge in [0.2, 0.25) is 17.7 Å². The predicted octanol–water partition coefficient (Wildman–Crippen LogP) is 2.13. The molecule has 0 bridgehead atoms. The molecule has 2 heterocycles. The van der Waals surface area contributed by atoms with E-state index in [1.165, 1.54) is 21.3 Å². The van der Waals surface area contributed by atoms with Crippen LogP contribution in [-0.2, 0) is 20.8 Å². The Morgan fingerprint density at radius 1 is 1.11 bits per heavy atom. The van der Waals surface area contributed by atoms with Gasteiger partial charge in [0.15, 0.2) is 11.2 Å². The number of fused-ring (bicyclic) bond motifs is 3. The van der Waals surface area contributed by atoms with Crippen molar-refractivity contribution in [2.75, 3.05) is 28.4 Å². The maximum atomic E-state index is 13.6. The summed E-state index contributed by atoms with van der Waals surface area (Å²) in [6.45, 7) is 0. The molecule has 0 radical (unpaired) electrons. The van der Waals surface area contributed by atoms with Gasteiger partial charge < -0.3 is 29.5 Å². The highest BCUT2D eigenvalue weighted by molar-refractivity contribution is 5.83. The molecule has 5 atom stereocenters. The van der Waals surface area contributed by atoms with E-state index in [0.29, 0.717) is 16.9 Å². The number of pyridine rings is 1. The lowest BCUT2D eigenvalue weighted by Crippen LogP contribution is -2.56. The van der Waals surface area contributed by atoms with Crippen molar-refractivity contribution in [1.82, 2.24) is 15.8 Å². The minimum atomic E-state index is -1.94. The van der Waals surface area contributed by atoms with E-state index in [2.05, 4.69) is 21.9 Å². The first-order valence-corrected chi connectivity index (χ1v) is 12.0. The number of hydroxylamine groups is 1. The van der Waals surface area contributed by atoms with Crippen molar-refractivity contribution in [3.05, 3.63) is 82.9 Å². The fourth-order valence-corrected chi connectivity index (χ4v) is 6.10. The maximum absolute atomic E-state index is 13.6. The van der Waals surface area contributed by atoms with Crippen LogP contribution in [0.15, 0.2) is 60.7 Å². The van der Waals surface area contributed by atoms with Gasteiger partial charge >= 0.3 is 0 Å². The molecule has 2 aromatic carbocycles. The molecule has 0 spiro atoms. The Morgan fingerprint density at radius 2 is 1.82 bits per heavy atom. The number of nitriles is 1. The molecule has 10 nitrogen and oxygen atoms in total. The van der Waals surface area contributed by atoms with Crippen LogP contribution >= 0.6 is 0 Å². The number of aromatic nitrogens is 1. The smallest absolute Gasteiger partial charge is 0.226 e. The SMILES string of the molecule is CNC(=O)[C@H]1[C@@H](NOC)[C@@]2(O)c3c(cc(OC)nc3OC)O[C@@]2(c2ccc(C#N)cc2)[C@@H]1c1ccccc1. The quantitative estimate of drug-likeness (QED) is 0.404. The summed E-state index contributed by atoms with van der Waals surface area (Å²) >= 11 is 0. The van der Waals surface area contributed by atoms with Crippen LogP contribution in [-0.4, -0.2) is 50.4 Å². The van der Waals surface area contributed by atoms with E-state index < -0.39 is 29.1 Å². The summed E-state index contributed by atoms with van der Waals surface area (Å²) in [6.07, 6.45) is 0. The van der Waals surface area contributed by atoms with Crippen molar-refractivity contribution in [1.29, 1.82) is 5.26 Å². The second-order valence-corrected chi connectivity index (χ2v) is 9.17. The molecule has 2 aliphatic rings. The molecule has 1 amide bonds. The number of benzene rings is 2. The van der Waals surface area contributed by atoms with Crippen molar-refractivity contribution >= 4 is 5.91 Å². The van der Waals surface area contributed by atoms with E-state index in [1.807, 2.05) is 30.3 Å². The van der Waals surface area contributed by atoms with Crippen LogP contribution in [0.25, 0.3) is 0 Å². The van der Waals surface area contributed by atoms with Gasteiger partial charge in [0.1, 0.15) is 5.75 Å². The van der Waals surface area contributed by atoms with Crippen molar-refractivity contribution < 1.29 is 28.9 Å². The zero-order valence-corrected chi connectivity index (χ0v) is 21.4. The Balaban J connectivity index is 1.92. The lowest BCUT2D eigenvalue weighted by Gasteiger charge is -2.41. The lowest BCUT2D eigenvalue weighted by atomic mass is 9.70. The van der Waals surface area contributed by atoms with Gasteiger partial charge in [-0.3, -0.25) is 4.79 Å². The lowest BCUT2D eigenvalue weighted by molar-refractivity contribution is -0.140. The van der Waals surface area contributed by atoms with Crippen LogP contribution in [0.5, 0.6) is 17.5 Å². The van der Waals surface area contributed by atoms with Crippen LogP contribution in [0.4, 0.5) is 0 Å². The van der Waals surface area contributed by atoms with Gasteiger partial charge in [-0.2, -0.15) is 15.7 Å². The highest BCUT2D eigenvalue weighted by Crippen LogP contribution is 2.69. The van der Waals surface area contributed by atoms with Gasteiger partial charge in [-0.25, -0.2) is 0 Å². The largest absolute Gasteiger partial charge is 0.481 e. The van der Waals surface area contributed by atoms with E-state index >= 15 is 0 Å². The summed E-state index contributed by atoms with van der Waals surface area (Å²) in [4.78, 5) is 23.4. The third kappa shape index (κ3) is 3.36. The first-order valence-electron chi connectivity index (χ1n) is 12.0. The normalized spacial score (nSPS) is 27.0. The summed E-state index contributed by atoms with van der Waals surface area (Å²) in [5, 5.41) is 25.2. The molecule has 196 valence electrons. The van der Waals surface area contributed by atoms with E-state index in [1.54, 1.807) is 37.4 Å². The third-order valence-corrected chi connectivity index (χ3v) is 7.55. The fourth-order valence-electron chi connectivity index (χ4n) is 6.10. The van der Waals surface area contributed by atoms with Gasteiger partial charge in [-0.05, 0) is 23.3 Å². The summed E-state index contributed by atoms with van der Waals surface area (Å²) < 4.78 is 17.8. The summed E-state index contributed by atoms with van der Waals surface area (Å²) in [5.74, 6) is -1.31. The highest BCUT2D eigenvalue weighted by atomic mass is 16.6. The zero-order valence-electron chi connectivity index (χ0n) is 21.4. The molecular formula is C28H28N4O6. The number of hydrogen-bond acceptors (Lipinski definition) is 9. The van der Waals surface area contributed by atoms with Crippen LogP contribution in [0.1, 0.15) is 28.2 Å². The van der Waals surface area contributed by atoms with E-state index in [0.717, 1.165) is 5.56 Å². The Morgan fingerprint density at radius 3 is 2.39 bits per heavy atom. The maximum Gasteiger partial charge on any atom is 0.226 e. The van der Waals surface area contributed by atoms with Crippen LogP contribution in [0.3, 0.4) is 0 Å². The summed E-state index contributed by atoms with van der Waals surface area (Å²) in [6, 6.07) is 18.9. The Labute approximate surface area is 220 Å². The number of carbonyl (C=O) groups excluding carboxylic acids is 1. The molecule has 5 rings (SSSR count). The fraction of sp³-hybridized carbons (Fsp3) is 0.321.